The molecule has 2 heteroatoms. The van der Waals surface area contributed by atoms with E-state index in [4.69, 9.17) is 0 Å². The highest BCUT2D eigenvalue weighted by Crippen LogP contribution is 2.24. The summed E-state index contributed by atoms with van der Waals surface area (Å²) in [6, 6.07) is 8.74. The topological polar surface area (TPSA) is 3.24 Å². The van der Waals surface area contributed by atoms with Gasteiger partial charge in [-0.25, -0.2) is 0 Å². The molecular formula is C13H21NS. The van der Waals surface area contributed by atoms with Crippen molar-refractivity contribution in [2.75, 3.05) is 19.8 Å². The Bertz CT molecular complexity index is 301. The molecular weight excluding hydrogens is 202 g/mol. The molecule has 0 spiro atoms. The second-order valence-corrected chi connectivity index (χ2v) is 5.86. The number of nitrogens with zero attached hydrogens (tertiary/aromatic N) is 1. The van der Waals surface area contributed by atoms with Gasteiger partial charge in [0.15, 0.2) is 0 Å². The van der Waals surface area contributed by atoms with Gasteiger partial charge in [0.1, 0.15) is 0 Å². The normalized spacial score (nSPS) is 12.1. The first kappa shape index (κ1) is 12.6. The van der Waals surface area contributed by atoms with Crippen molar-refractivity contribution in [1.29, 1.82) is 0 Å². The van der Waals surface area contributed by atoms with Crippen molar-refractivity contribution >= 4 is 11.8 Å². The van der Waals surface area contributed by atoms with Crippen molar-refractivity contribution in [2.24, 2.45) is 0 Å². The van der Waals surface area contributed by atoms with Gasteiger partial charge in [0, 0.05) is 16.2 Å². The van der Waals surface area contributed by atoms with Gasteiger partial charge in [0.05, 0.1) is 0 Å². The van der Waals surface area contributed by atoms with Crippen LogP contribution in [0, 0.1) is 6.92 Å². The summed E-state index contributed by atoms with van der Waals surface area (Å²) in [7, 11) is 4.27. The third kappa shape index (κ3) is 3.88. The smallest absolute Gasteiger partial charge is 0.0241 e. The molecule has 0 fully saturated rings. The van der Waals surface area contributed by atoms with Crippen LogP contribution in [-0.4, -0.2) is 30.3 Å². The van der Waals surface area contributed by atoms with Gasteiger partial charge >= 0.3 is 0 Å². The Morgan fingerprint density at radius 2 is 1.67 bits per heavy atom. The first-order valence-electron chi connectivity index (χ1n) is 5.29. The minimum atomic E-state index is 0.246. The molecule has 0 radical (unpaired) electrons. The fraction of sp³-hybridized carbons (Fsp3) is 0.538. The minimum Gasteiger partial charge on any atom is -0.303 e. The lowest BCUT2D eigenvalue weighted by Gasteiger charge is -2.32. The molecule has 15 heavy (non-hydrogen) atoms. The van der Waals surface area contributed by atoms with Crippen LogP contribution in [0.3, 0.4) is 0 Å². The Kier molecular flexibility index (Phi) is 4.23. The monoisotopic (exact) mass is 223 g/mol. The van der Waals surface area contributed by atoms with Crippen molar-refractivity contribution in [3.05, 3.63) is 29.8 Å². The van der Waals surface area contributed by atoms with Crippen LogP contribution < -0.4 is 0 Å². The van der Waals surface area contributed by atoms with Crippen molar-refractivity contribution in [1.82, 2.24) is 4.90 Å². The molecule has 84 valence electrons. The van der Waals surface area contributed by atoms with Crippen molar-refractivity contribution < 1.29 is 0 Å². The SMILES string of the molecule is Cc1ccc(SCC(C)(C)N(C)C)cc1. The molecule has 0 aliphatic heterocycles. The predicted octanol–water partition coefficient (Wildman–Crippen LogP) is 3.43. The molecule has 0 heterocycles. The zero-order valence-electron chi connectivity index (χ0n) is 10.4. The third-order valence-corrected chi connectivity index (χ3v) is 4.28. The number of aryl methyl sites for hydroxylation is 1. The lowest BCUT2D eigenvalue weighted by molar-refractivity contribution is 0.224. The molecule has 0 bridgehead atoms. The average Bonchev–Trinajstić information content (AvgIpc) is 2.17. The summed E-state index contributed by atoms with van der Waals surface area (Å²) in [4.78, 5) is 3.63. The van der Waals surface area contributed by atoms with E-state index in [9.17, 15) is 0 Å². The largest absolute Gasteiger partial charge is 0.303 e. The molecule has 1 nitrogen and oxygen atoms in total. The number of benzene rings is 1. The van der Waals surface area contributed by atoms with Gasteiger partial charge in [0.25, 0.3) is 0 Å². The Morgan fingerprint density at radius 3 is 2.13 bits per heavy atom. The molecule has 0 aliphatic carbocycles. The second kappa shape index (κ2) is 5.04. The summed E-state index contributed by atoms with van der Waals surface area (Å²) >= 11 is 1.92. The summed E-state index contributed by atoms with van der Waals surface area (Å²) < 4.78 is 0. The summed E-state index contributed by atoms with van der Waals surface area (Å²) in [6.45, 7) is 6.67. The van der Waals surface area contributed by atoms with Gasteiger partial charge in [-0.05, 0) is 47.0 Å². The Hall–Kier alpha value is -0.470. The highest BCUT2D eigenvalue weighted by Gasteiger charge is 2.20. The van der Waals surface area contributed by atoms with Gasteiger partial charge in [-0.2, -0.15) is 0 Å². The standard InChI is InChI=1S/C13H21NS/c1-11-6-8-12(9-7-11)15-10-13(2,3)14(4)5/h6-9H,10H2,1-5H3. The number of hydrogen-bond acceptors (Lipinski definition) is 2. The molecule has 0 amide bonds. The van der Waals surface area contributed by atoms with E-state index in [1.807, 2.05) is 11.8 Å². The van der Waals surface area contributed by atoms with Crippen LogP contribution >= 0.6 is 11.8 Å². The van der Waals surface area contributed by atoms with E-state index < -0.39 is 0 Å². The lowest BCUT2D eigenvalue weighted by atomic mass is 10.1. The van der Waals surface area contributed by atoms with Crippen LogP contribution in [0.25, 0.3) is 0 Å². The first-order valence-corrected chi connectivity index (χ1v) is 6.27. The summed E-state index contributed by atoms with van der Waals surface area (Å²) in [5.74, 6) is 1.11. The molecule has 0 N–H and O–H groups in total. The molecule has 0 unspecified atom stereocenters. The second-order valence-electron chi connectivity index (χ2n) is 4.81. The molecule has 0 aliphatic rings. The van der Waals surface area contributed by atoms with Gasteiger partial charge in [-0.1, -0.05) is 17.7 Å². The number of rotatable bonds is 4. The van der Waals surface area contributed by atoms with E-state index in [1.165, 1.54) is 10.5 Å². The molecule has 0 atom stereocenters. The van der Waals surface area contributed by atoms with Crippen LogP contribution in [-0.2, 0) is 0 Å². The summed E-state index contributed by atoms with van der Waals surface area (Å²) in [5, 5.41) is 0. The maximum atomic E-state index is 2.27. The van der Waals surface area contributed by atoms with E-state index in [1.54, 1.807) is 0 Å². The van der Waals surface area contributed by atoms with Crippen LogP contribution in [0.15, 0.2) is 29.2 Å². The zero-order chi connectivity index (χ0) is 11.5. The number of thioether (sulfide) groups is 1. The zero-order valence-corrected chi connectivity index (χ0v) is 11.2. The molecule has 1 rings (SSSR count). The molecule has 0 saturated carbocycles. The van der Waals surface area contributed by atoms with Crippen LogP contribution in [0.5, 0.6) is 0 Å². The van der Waals surface area contributed by atoms with Crippen LogP contribution in [0.4, 0.5) is 0 Å². The first-order chi connectivity index (χ1) is 6.92. The highest BCUT2D eigenvalue weighted by atomic mass is 32.2. The van der Waals surface area contributed by atoms with E-state index in [0.29, 0.717) is 0 Å². The molecule has 1 aromatic carbocycles. The third-order valence-electron chi connectivity index (χ3n) is 2.82. The van der Waals surface area contributed by atoms with Crippen molar-refractivity contribution in [2.45, 2.75) is 31.2 Å². The van der Waals surface area contributed by atoms with E-state index >= 15 is 0 Å². The Morgan fingerprint density at radius 1 is 1.13 bits per heavy atom. The summed E-state index contributed by atoms with van der Waals surface area (Å²) in [5.41, 5.74) is 1.57. The van der Waals surface area contributed by atoms with E-state index in [-0.39, 0.29) is 5.54 Å². The fourth-order valence-corrected chi connectivity index (χ4v) is 2.13. The Balaban J connectivity index is 2.54. The van der Waals surface area contributed by atoms with Gasteiger partial charge < -0.3 is 4.90 Å². The van der Waals surface area contributed by atoms with Gasteiger partial charge in [-0.15, -0.1) is 11.8 Å². The van der Waals surface area contributed by atoms with E-state index in [2.05, 4.69) is 64.0 Å². The minimum absolute atomic E-state index is 0.246. The lowest BCUT2D eigenvalue weighted by Crippen LogP contribution is -2.40. The van der Waals surface area contributed by atoms with Gasteiger partial charge in [0.2, 0.25) is 0 Å². The molecule has 1 aromatic rings. The summed E-state index contributed by atoms with van der Waals surface area (Å²) in [6.07, 6.45) is 0. The van der Waals surface area contributed by atoms with Crippen molar-refractivity contribution in [3.8, 4) is 0 Å². The Labute approximate surface area is 97.9 Å². The number of hydrogen-bond donors (Lipinski definition) is 0. The van der Waals surface area contributed by atoms with Crippen LogP contribution in [0.2, 0.25) is 0 Å². The average molecular weight is 223 g/mol. The maximum absolute atomic E-state index is 2.27. The van der Waals surface area contributed by atoms with Crippen molar-refractivity contribution in [3.63, 3.8) is 0 Å². The molecule has 0 saturated heterocycles. The fourth-order valence-electron chi connectivity index (χ4n) is 1.02. The van der Waals surface area contributed by atoms with Gasteiger partial charge in [-0.3, -0.25) is 0 Å². The highest BCUT2D eigenvalue weighted by molar-refractivity contribution is 7.99. The van der Waals surface area contributed by atoms with Crippen LogP contribution in [0.1, 0.15) is 19.4 Å². The molecule has 0 aromatic heterocycles. The maximum Gasteiger partial charge on any atom is 0.0241 e. The predicted molar refractivity (Wildman–Crippen MR) is 69.7 cm³/mol. The quantitative estimate of drug-likeness (QED) is 0.720. The van der Waals surface area contributed by atoms with E-state index in [0.717, 1.165) is 5.75 Å².